The molecular weight excluding hydrogens is 330 g/mol. The highest BCUT2D eigenvalue weighted by Gasteiger charge is 2.53. The maximum Gasteiger partial charge on any atom is 0.407 e. The van der Waals surface area contributed by atoms with Gasteiger partial charge in [0, 0.05) is 30.0 Å². The van der Waals surface area contributed by atoms with Crippen molar-refractivity contribution >= 4 is 6.09 Å². The predicted molar refractivity (Wildman–Crippen MR) is 95.8 cm³/mol. The number of nitrogens with zero attached hydrogens (tertiary/aromatic N) is 3. The number of hydrogen-bond acceptors (Lipinski definition) is 3. The van der Waals surface area contributed by atoms with Crippen molar-refractivity contribution < 1.29 is 15.0 Å². The molecule has 1 saturated carbocycles. The van der Waals surface area contributed by atoms with E-state index in [2.05, 4.69) is 27.8 Å². The first-order valence-corrected chi connectivity index (χ1v) is 9.38. The highest BCUT2D eigenvalue weighted by Crippen LogP contribution is 2.55. The molecule has 26 heavy (non-hydrogen) atoms. The van der Waals surface area contributed by atoms with E-state index in [0.717, 1.165) is 31.4 Å². The quantitative estimate of drug-likeness (QED) is 0.826. The third-order valence-corrected chi connectivity index (χ3v) is 6.96. The number of carbonyl (C=O) groups is 1. The highest BCUT2D eigenvalue weighted by molar-refractivity contribution is 5.69. The highest BCUT2D eigenvalue weighted by atomic mass is 16.4. The van der Waals surface area contributed by atoms with Gasteiger partial charge in [0.25, 0.3) is 0 Å². The Labute approximate surface area is 152 Å². The van der Waals surface area contributed by atoms with Gasteiger partial charge in [-0.2, -0.15) is 0 Å². The molecule has 2 N–H and O–H groups in total. The molecule has 1 spiro atoms. The predicted octanol–water partition coefficient (Wildman–Crippen LogP) is 2.98. The van der Waals surface area contributed by atoms with Crippen LogP contribution in [0.25, 0.3) is 11.3 Å². The van der Waals surface area contributed by atoms with Crippen molar-refractivity contribution in [2.45, 2.75) is 37.8 Å². The van der Waals surface area contributed by atoms with Crippen molar-refractivity contribution in [1.82, 2.24) is 14.5 Å². The SMILES string of the molecule is O=C(O)N1CCC2(CC[C@@H](C3c4ccccc4-c4cncn43)[C@@H]2O)CC1. The lowest BCUT2D eigenvalue weighted by atomic mass is 9.73. The molecule has 3 heterocycles. The van der Waals surface area contributed by atoms with E-state index in [4.69, 9.17) is 0 Å². The molecule has 0 bridgehead atoms. The minimum absolute atomic E-state index is 0.121. The second-order valence-electron chi connectivity index (χ2n) is 8.00. The summed E-state index contributed by atoms with van der Waals surface area (Å²) in [6, 6.07) is 8.53. The van der Waals surface area contributed by atoms with E-state index < -0.39 is 12.2 Å². The number of benzene rings is 1. The maximum absolute atomic E-state index is 11.3. The summed E-state index contributed by atoms with van der Waals surface area (Å²) in [5.74, 6) is 0.142. The first kappa shape index (κ1) is 15.9. The number of aliphatic hydroxyl groups excluding tert-OH is 1. The molecule has 2 aromatic rings. The summed E-state index contributed by atoms with van der Waals surface area (Å²) in [7, 11) is 0. The lowest BCUT2D eigenvalue weighted by molar-refractivity contribution is -0.0227. The number of aromatic nitrogens is 2. The fraction of sp³-hybridized carbons (Fsp3) is 0.500. The van der Waals surface area contributed by atoms with Crippen LogP contribution in [0, 0.1) is 11.3 Å². The second kappa shape index (κ2) is 5.58. The van der Waals surface area contributed by atoms with Gasteiger partial charge in [0.05, 0.1) is 30.4 Å². The molecule has 1 saturated heterocycles. The van der Waals surface area contributed by atoms with E-state index in [1.807, 2.05) is 18.6 Å². The summed E-state index contributed by atoms with van der Waals surface area (Å²) in [4.78, 5) is 17.0. The monoisotopic (exact) mass is 353 g/mol. The van der Waals surface area contributed by atoms with Gasteiger partial charge in [-0.05, 0) is 31.2 Å². The smallest absolute Gasteiger partial charge is 0.407 e. The summed E-state index contributed by atoms with van der Waals surface area (Å²) in [5.41, 5.74) is 3.46. The van der Waals surface area contributed by atoms with Crippen LogP contribution in [-0.4, -0.2) is 50.0 Å². The van der Waals surface area contributed by atoms with Crippen molar-refractivity contribution in [3.05, 3.63) is 42.4 Å². The zero-order chi connectivity index (χ0) is 17.9. The number of fused-ring (bicyclic) bond motifs is 3. The van der Waals surface area contributed by atoms with Gasteiger partial charge in [0.2, 0.25) is 0 Å². The Morgan fingerprint density at radius 3 is 2.73 bits per heavy atom. The Morgan fingerprint density at radius 1 is 1.19 bits per heavy atom. The van der Waals surface area contributed by atoms with E-state index in [1.54, 1.807) is 0 Å². The van der Waals surface area contributed by atoms with Crippen LogP contribution in [0.5, 0.6) is 0 Å². The van der Waals surface area contributed by atoms with Crippen LogP contribution in [-0.2, 0) is 0 Å². The van der Waals surface area contributed by atoms with Gasteiger partial charge >= 0.3 is 6.09 Å². The summed E-state index contributed by atoms with van der Waals surface area (Å²) in [6.45, 7) is 1.05. The molecule has 6 nitrogen and oxygen atoms in total. The molecule has 1 aromatic carbocycles. The van der Waals surface area contributed by atoms with Crippen LogP contribution in [0.4, 0.5) is 4.79 Å². The summed E-state index contributed by atoms with van der Waals surface area (Å²) >= 11 is 0. The van der Waals surface area contributed by atoms with Gasteiger partial charge in [-0.3, -0.25) is 0 Å². The zero-order valence-corrected chi connectivity index (χ0v) is 14.6. The molecule has 6 heteroatoms. The Bertz CT molecular complexity index is 853. The van der Waals surface area contributed by atoms with E-state index >= 15 is 0 Å². The third kappa shape index (κ3) is 2.08. The molecule has 1 unspecified atom stereocenters. The Balaban J connectivity index is 1.45. The lowest BCUT2D eigenvalue weighted by Crippen LogP contribution is -2.47. The molecule has 5 rings (SSSR count). The largest absolute Gasteiger partial charge is 0.465 e. The number of rotatable bonds is 1. The minimum atomic E-state index is -0.850. The van der Waals surface area contributed by atoms with Crippen LogP contribution in [0.15, 0.2) is 36.8 Å². The van der Waals surface area contributed by atoms with Crippen LogP contribution in [0.3, 0.4) is 0 Å². The van der Waals surface area contributed by atoms with E-state index in [0.29, 0.717) is 13.1 Å². The zero-order valence-electron chi connectivity index (χ0n) is 14.6. The van der Waals surface area contributed by atoms with Crippen LogP contribution < -0.4 is 0 Å². The van der Waals surface area contributed by atoms with Crippen LogP contribution in [0.2, 0.25) is 0 Å². The normalized spacial score (nSPS) is 29.0. The number of hydrogen-bond donors (Lipinski definition) is 2. The molecule has 1 aromatic heterocycles. The maximum atomic E-state index is 11.3. The molecule has 1 aliphatic carbocycles. The summed E-state index contributed by atoms with van der Waals surface area (Å²) in [6.07, 6.45) is 5.96. The molecule has 2 aliphatic heterocycles. The van der Waals surface area contributed by atoms with E-state index in [-0.39, 0.29) is 17.4 Å². The molecule has 2 fully saturated rings. The van der Waals surface area contributed by atoms with Gasteiger partial charge in [0.15, 0.2) is 0 Å². The molecule has 3 aliphatic rings. The molecular formula is C20H23N3O3. The first-order chi connectivity index (χ1) is 12.6. The average Bonchev–Trinajstić information content (AvgIpc) is 3.31. The fourth-order valence-corrected chi connectivity index (χ4v) is 5.54. The summed E-state index contributed by atoms with van der Waals surface area (Å²) < 4.78 is 2.21. The fourth-order valence-electron chi connectivity index (χ4n) is 5.54. The average molecular weight is 353 g/mol. The van der Waals surface area contributed by atoms with Crippen molar-refractivity contribution in [2.24, 2.45) is 11.3 Å². The third-order valence-electron chi connectivity index (χ3n) is 6.96. The number of piperidine rings is 1. The van der Waals surface area contributed by atoms with Crippen molar-refractivity contribution in [3.63, 3.8) is 0 Å². The van der Waals surface area contributed by atoms with Crippen LogP contribution >= 0.6 is 0 Å². The van der Waals surface area contributed by atoms with E-state index in [9.17, 15) is 15.0 Å². The van der Waals surface area contributed by atoms with Gasteiger partial charge in [0.1, 0.15) is 0 Å². The minimum Gasteiger partial charge on any atom is -0.465 e. The number of amides is 1. The van der Waals surface area contributed by atoms with Crippen LogP contribution in [0.1, 0.15) is 37.3 Å². The first-order valence-electron chi connectivity index (χ1n) is 9.38. The number of carboxylic acid groups (broad SMARTS) is 1. The Morgan fingerprint density at radius 2 is 1.96 bits per heavy atom. The van der Waals surface area contributed by atoms with Gasteiger partial charge in [-0.25, -0.2) is 9.78 Å². The molecule has 136 valence electrons. The van der Waals surface area contributed by atoms with Gasteiger partial charge in [-0.1, -0.05) is 24.3 Å². The number of imidazole rings is 1. The number of aliphatic hydroxyl groups is 1. The van der Waals surface area contributed by atoms with Crippen molar-refractivity contribution in [2.75, 3.05) is 13.1 Å². The van der Waals surface area contributed by atoms with E-state index in [1.165, 1.54) is 16.0 Å². The second-order valence-corrected chi connectivity index (χ2v) is 8.00. The number of likely N-dealkylation sites (tertiary alicyclic amines) is 1. The molecule has 3 atom stereocenters. The van der Waals surface area contributed by atoms with Crippen molar-refractivity contribution in [1.29, 1.82) is 0 Å². The molecule has 0 radical (unpaired) electrons. The Hall–Kier alpha value is -2.34. The standard InChI is InChI=1S/C20H23N3O3/c24-18-15(5-6-20(18)7-9-22(10-8-20)19(25)26)17-14-4-2-1-3-13(14)16-11-21-12-23(16)17/h1-4,11-12,15,17-18,24H,5-10H2,(H,25,26)/t15-,17?,18-/m0/s1. The lowest BCUT2D eigenvalue weighted by Gasteiger charge is -2.42. The Kier molecular flexibility index (Phi) is 3.41. The van der Waals surface area contributed by atoms with Gasteiger partial charge < -0.3 is 19.7 Å². The van der Waals surface area contributed by atoms with Gasteiger partial charge in [-0.15, -0.1) is 0 Å². The summed E-state index contributed by atoms with van der Waals surface area (Å²) in [5, 5.41) is 20.5. The van der Waals surface area contributed by atoms with Crippen molar-refractivity contribution in [3.8, 4) is 11.3 Å². The topological polar surface area (TPSA) is 78.6 Å². The molecule has 1 amide bonds.